The third-order valence-corrected chi connectivity index (χ3v) is 4.36. The van der Waals surface area contributed by atoms with Gasteiger partial charge in [0, 0.05) is 24.6 Å². The highest BCUT2D eigenvalue weighted by Crippen LogP contribution is 2.24. The third-order valence-electron chi connectivity index (χ3n) is 4.00. The zero-order chi connectivity index (χ0) is 14.7. The molecule has 0 bridgehead atoms. The Bertz CT molecular complexity index is 461. The summed E-state index contributed by atoms with van der Waals surface area (Å²) in [4.78, 5) is 11.4. The molecule has 0 radical (unpaired) electrons. The van der Waals surface area contributed by atoms with Crippen LogP contribution in [-0.2, 0) is 0 Å². The zero-order valence-electron chi connectivity index (χ0n) is 12.9. The van der Waals surface area contributed by atoms with Gasteiger partial charge in [-0.15, -0.1) is 0 Å². The minimum Gasteiger partial charge on any atom is -0.369 e. The Morgan fingerprint density at radius 2 is 2.15 bits per heavy atom. The molecule has 1 saturated heterocycles. The van der Waals surface area contributed by atoms with Gasteiger partial charge in [0.15, 0.2) is 0 Å². The summed E-state index contributed by atoms with van der Waals surface area (Å²) in [5.41, 5.74) is 0.946. The van der Waals surface area contributed by atoms with Crippen molar-refractivity contribution in [3.63, 3.8) is 0 Å². The molecule has 0 saturated carbocycles. The van der Waals surface area contributed by atoms with E-state index in [1.807, 2.05) is 6.92 Å². The van der Waals surface area contributed by atoms with E-state index in [4.69, 9.17) is 11.6 Å². The summed E-state index contributed by atoms with van der Waals surface area (Å²) >= 11 is 6.20. The summed E-state index contributed by atoms with van der Waals surface area (Å²) in [5.74, 6) is 2.69. The number of hydrogen-bond donors (Lipinski definition) is 1. The number of nitrogens with one attached hydrogen (secondary N) is 1. The number of aromatic nitrogens is 2. The molecule has 1 aliphatic heterocycles. The molecule has 1 atom stereocenters. The SMILES string of the molecule is CCN1CCC(CNc2nc(C(C)C)nc(Cl)c2C)C1. The Balaban J connectivity index is 2.02. The molecule has 4 nitrogen and oxygen atoms in total. The van der Waals surface area contributed by atoms with Gasteiger partial charge in [-0.3, -0.25) is 0 Å². The first-order valence-corrected chi connectivity index (χ1v) is 7.89. The second-order valence-electron chi connectivity index (χ2n) is 5.93. The molecular weight excluding hydrogens is 272 g/mol. The highest BCUT2D eigenvalue weighted by Gasteiger charge is 2.21. The van der Waals surface area contributed by atoms with E-state index in [1.54, 1.807) is 0 Å². The van der Waals surface area contributed by atoms with Crippen molar-refractivity contribution in [1.82, 2.24) is 14.9 Å². The maximum absolute atomic E-state index is 6.20. The average Bonchev–Trinajstić information content (AvgIpc) is 2.88. The quantitative estimate of drug-likeness (QED) is 0.846. The van der Waals surface area contributed by atoms with Gasteiger partial charge in [-0.05, 0) is 32.4 Å². The lowest BCUT2D eigenvalue weighted by Gasteiger charge is -2.16. The van der Waals surface area contributed by atoms with Crippen molar-refractivity contribution in [2.24, 2.45) is 5.92 Å². The molecule has 0 aromatic carbocycles. The van der Waals surface area contributed by atoms with Crippen LogP contribution in [0.2, 0.25) is 5.15 Å². The van der Waals surface area contributed by atoms with Crippen LogP contribution < -0.4 is 5.32 Å². The molecule has 0 amide bonds. The lowest BCUT2D eigenvalue weighted by Crippen LogP contribution is -2.23. The van der Waals surface area contributed by atoms with Gasteiger partial charge in [-0.1, -0.05) is 32.4 Å². The first-order chi connectivity index (χ1) is 9.51. The molecule has 1 aromatic rings. The molecular formula is C15H25ClN4. The van der Waals surface area contributed by atoms with Crippen LogP contribution in [0.4, 0.5) is 5.82 Å². The molecule has 2 heterocycles. The van der Waals surface area contributed by atoms with E-state index in [0.717, 1.165) is 30.3 Å². The molecule has 5 heteroatoms. The van der Waals surface area contributed by atoms with Crippen LogP contribution in [0.15, 0.2) is 0 Å². The highest BCUT2D eigenvalue weighted by molar-refractivity contribution is 6.30. The van der Waals surface area contributed by atoms with Crippen molar-refractivity contribution in [2.45, 2.75) is 40.0 Å². The molecule has 1 N–H and O–H groups in total. The molecule has 20 heavy (non-hydrogen) atoms. The molecule has 112 valence electrons. The maximum Gasteiger partial charge on any atom is 0.137 e. The Morgan fingerprint density at radius 3 is 2.75 bits per heavy atom. The average molecular weight is 297 g/mol. The first-order valence-electron chi connectivity index (χ1n) is 7.51. The number of halogens is 1. The predicted octanol–water partition coefficient (Wildman–Crippen LogP) is 3.32. The minimum atomic E-state index is 0.288. The molecule has 1 aliphatic rings. The Hall–Kier alpha value is -0.870. The van der Waals surface area contributed by atoms with Crippen molar-refractivity contribution < 1.29 is 0 Å². The van der Waals surface area contributed by atoms with Gasteiger partial charge in [0.2, 0.25) is 0 Å². The predicted molar refractivity (Wildman–Crippen MR) is 84.6 cm³/mol. The molecule has 1 fully saturated rings. The molecule has 0 spiro atoms. The topological polar surface area (TPSA) is 41.0 Å². The van der Waals surface area contributed by atoms with E-state index in [2.05, 4.69) is 41.0 Å². The van der Waals surface area contributed by atoms with Gasteiger partial charge in [-0.2, -0.15) is 0 Å². The number of nitrogens with zero attached hydrogens (tertiary/aromatic N) is 3. The van der Waals surface area contributed by atoms with Crippen LogP contribution in [0, 0.1) is 12.8 Å². The van der Waals surface area contributed by atoms with Gasteiger partial charge >= 0.3 is 0 Å². The molecule has 0 aliphatic carbocycles. The van der Waals surface area contributed by atoms with Crippen LogP contribution >= 0.6 is 11.6 Å². The lowest BCUT2D eigenvalue weighted by atomic mass is 10.1. The monoisotopic (exact) mass is 296 g/mol. The standard InChI is InChI=1S/C15H25ClN4/c1-5-20-7-6-12(9-20)8-17-15-11(4)13(16)18-14(19-15)10(2)3/h10,12H,5-9H2,1-4H3,(H,17,18,19). The first kappa shape index (κ1) is 15.5. The maximum atomic E-state index is 6.20. The van der Waals surface area contributed by atoms with Crippen LogP contribution in [0.1, 0.15) is 44.5 Å². The van der Waals surface area contributed by atoms with E-state index < -0.39 is 0 Å². The Kier molecular flexibility index (Phi) is 5.22. The Labute approximate surface area is 126 Å². The Morgan fingerprint density at radius 1 is 1.40 bits per heavy atom. The van der Waals surface area contributed by atoms with E-state index in [1.165, 1.54) is 19.5 Å². The minimum absolute atomic E-state index is 0.288. The summed E-state index contributed by atoms with van der Waals surface area (Å²) in [7, 11) is 0. The van der Waals surface area contributed by atoms with Gasteiger partial charge in [0.1, 0.15) is 16.8 Å². The van der Waals surface area contributed by atoms with Crippen molar-refractivity contribution in [3.05, 3.63) is 16.5 Å². The molecule has 1 aromatic heterocycles. The van der Waals surface area contributed by atoms with E-state index in [0.29, 0.717) is 11.1 Å². The molecule has 1 unspecified atom stereocenters. The fraction of sp³-hybridized carbons (Fsp3) is 0.733. The normalized spacial score (nSPS) is 19.8. The van der Waals surface area contributed by atoms with Crippen molar-refractivity contribution >= 4 is 17.4 Å². The van der Waals surface area contributed by atoms with Gasteiger partial charge in [0.05, 0.1) is 0 Å². The highest BCUT2D eigenvalue weighted by atomic mass is 35.5. The van der Waals surface area contributed by atoms with Crippen LogP contribution in [-0.4, -0.2) is 41.0 Å². The van der Waals surface area contributed by atoms with Crippen LogP contribution in [0.3, 0.4) is 0 Å². The number of rotatable bonds is 5. The van der Waals surface area contributed by atoms with Gasteiger partial charge < -0.3 is 10.2 Å². The van der Waals surface area contributed by atoms with Gasteiger partial charge in [0.25, 0.3) is 0 Å². The zero-order valence-corrected chi connectivity index (χ0v) is 13.7. The number of anilines is 1. The summed E-state index contributed by atoms with van der Waals surface area (Å²) in [6.07, 6.45) is 1.26. The second-order valence-corrected chi connectivity index (χ2v) is 6.29. The summed E-state index contributed by atoms with van der Waals surface area (Å²) < 4.78 is 0. The number of hydrogen-bond acceptors (Lipinski definition) is 4. The van der Waals surface area contributed by atoms with Gasteiger partial charge in [-0.25, -0.2) is 9.97 Å². The third kappa shape index (κ3) is 3.61. The van der Waals surface area contributed by atoms with Crippen molar-refractivity contribution in [3.8, 4) is 0 Å². The fourth-order valence-electron chi connectivity index (χ4n) is 2.54. The van der Waals surface area contributed by atoms with E-state index in [-0.39, 0.29) is 5.92 Å². The molecule has 2 rings (SSSR count). The van der Waals surface area contributed by atoms with Crippen molar-refractivity contribution in [1.29, 1.82) is 0 Å². The smallest absolute Gasteiger partial charge is 0.137 e. The van der Waals surface area contributed by atoms with E-state index >= 15 is 0 Å². The lowest BCUT2D eigenvalue weighted by molar-refractivity contribution is 0.345. The van der Waals surface area contributed by atoms with Crippen LogP contribution in [0.5, 0.6) is 0 Å². The summed E-state index contributed by atoms with van der Waals surface area (Å²) in [6.45, 7) is 12.9. The largest absolute Gasteiger partial charge is 0.369 e. The van der Waals surface area contributed by atoms with E-state index in [9.17, 15) is 0 Å². The van der Waals surface area contributed by atoms with Crippen molar-refractivity contribution in [2.75, 3.05) is 31.5 Å². The number of likely N-dealkylation sites (tertiary alicyclic amines) is 1. The second kappa shape index (κ2) is 6.72. The summed E-state index contributed by atoms with van der Waals surface area (Å²) in [6, 6.07) is 0. The van der Waals surface area contributed by atoms with Crippen LogP contribution in [0.25, 0.3) is 0 Å². The summed E-state index contributed by atoms with van der Waals surface area (Å²) in [5, 5.41) is 4.04. The fourth-order valence-corrected chi connectivity index (χ4v) is 2.72.